The minimum Gasteiger partial charge on any atom is -0.459 e. The quantitative estimate of drug-likeness (QED) is 0.730. The molecule has 0 bridgehead atoms. The second kappa shape index (κ2) is 9.76. The first-order valence-electron chi connectivity index (χ1n) is 10.5. The predicted octanol–water partition coefficient (Wildman–Crippen LogP) is 1.79. The number of furan rings is 1. The third kappa shape index (κ3) is 5.31. The number of carbonyl (C=O) groups excluding carboxylic acids is 3. The van der Waals surface area contributed by atoms with Gasteiger partial charge in [-0.15, -0.1) is 0 Å². The first-order chi connectivity index (χ1) is 15.1. The monoisotopic (exact) mass is 426 g/mol. The van der Waals surface area contributed by atoms with Crippen LogP contribution in [-0.4, -0.2) is 73.0 Å². The lowest BCUT2D eigenvalue weighted by atomic mass is 10.2. The Morgan fingerprint density at radius 2 is 1.68 bits per heavy atom. The van der Waals surface area contributed by atoms with Crippen LogP contribution < -0.4 is 10.6 Å². The van der Waals surface area contributed by atoms with Crippen molar-refractivity contribution in [3.8, 4) is 0 Å². The van der Waals surface area contributed by atoms with Gasteiger partial charge in [0.25, 0.3) is 5.91 Å². The molecule has 0 radical (unpaired) electrons. The summed E-state index contributed by atoms with van der Waals surface area (Å²) in [4.78, 5) is 41.1. The number of carbonyl (C=O) groups is 3. The zero-order valence-electron chi connectivity index (χ0n) is 17.2. The molecule has 0 unspecified atom stereocenters. The summed E-state index contributed by atoms with van der Waals surface area (Å²) in [5.41, 5.74) is 1.26. The second-order valence-corrected chi connectivity index (χ2v) is 7.64. The normalized spacial score (nSPS) is 19.2. The molecule has 3 amide bonds. The Balaban J connectivity index is 1.30. The van der Waals surface area contributed by atoms with Crippen LogP contribution in [0.4, 0.5) is 11.4 Å². The average molecular weight is 426 g/mol. The Morgan fingerprint density at radius 3 is 2.35 bits per heavy atom. The summed E-state index contributed by atoms with van der Waals surface area (Å²) in [7, 11) is 0. The van der Waals surface area contributed by atoms with Gasteiger partial charge in [-0.3, -0.25) is 19.3 Å². The van der Waals surface area contributed by atoms with Crippen LogP contribution in [0.25, 0.3) is 0 Å². The zero-order valence-corrected chi connectivity index (χ0v) is 17.2. The number of likely N-dealkylation sites (tertiary alicyclic amines) is 1. The molecule has 2 aliphatic rings. The maximum Gasteiger partial charge on any atom is 0.290 e. The van der Waals surface area contributed by atoms with Gasteiger partial charge in [-0.2, -0.15) is 0 Å². The summed E-state index contributed by atoms with van der Waals surface area (Å²) in [5, 5.41) is 5.73. The largest absolute Gasteiger partial charge is 0.459 e. The summed E-state index contributed by atoms with van der Waals surface area (Å²) in [6.45, 7) is 3.63. The van der Waals surface area contributed by atoms with Crippen LogP contribution in [0.1, 0.15) is 23.4 Å². The van der Waals surface area contributed by atoms with E-state index in [1.54, 1.807) is 41.3 Å². The highest BCUT2D eigenvalue weighted by Gasteiger charge is 2.35. The molecule has 1 aromatic heterocycles. The maximum atomic E-state index is 12.8. The smallest absolute Gasteiger partial charge is 0.290 e. The highest BCUT2D eigenvalue weighted by molar-refractivity contribution is 6.00. The van der Waals surface area contributed by atoms with Gasteiger partial charge in [-0.05, 0) is 49.2 Å². The fourth-order valence-corrected chi connectivity index (χ4v) is 3.85. The molecule has 2 aliphatic heterocycles. The van der Waals surface area contributed by atoms with Crippen LogP contribution in [0.3, 0.4) is 0 Å². The standard InChI is InChI=1S/C22H26N4O5/c27-20(15-25-10-13-30-14-11-25)23-16-5-7-17(8-6-16)24-21(28)18-3-1-9-26(18)22(29)19-4-2-12-31-19/h2,4-8,12,18H,1,3,9-11,13-15H2,(H,23,27)(H,24,28)/t18-/m0/s1. The molecule has 2 fully saturated rings. The van der Waals surface area contributed by atoms with Crippen molar-refractivity contribution in [2.75, 3.05) is 50.0 Å². The Bertz CT molecular complexity index is 906. The second-order valence-electron chi connectivity index (χ2n) is 7.64. The number of rotatable bonds is 6. The Kier molecular flexibility index (Phi) is 6.63. The number of benzene rings is 1. The fourth-order valence-electron chi connectivity index (χ4n) is 3.85. The van der Waals surface area contributed by atoms with Crippen molar-refractivity contribution in [3.63, 3.8) is 0 Å². The van der Waals surface area contributed by atoms with E-state index in [4.69, 9.17) is 9.15 Å². The summed E-state index contributed by atoms with van der Waals surface area (Å²) in [6.07, 6.45) is 2.81. The average Bonchev–Trinajstić information content (AvgIpc) is 3.48. The molecule has 0 spiro atoms. The number of nitrogens with zero attached hydrogens (tertiary/aromatic N) is 2. The van der Waals surface area contributed by atoms with E-state index in [0.29, 0.717) is 44.1 Å². The van der Waals surface area contributed by atoms with E-state index >= 15 is 0 Å². The molecule has 9 nitrogen and oxygen atoms in total. The van der Waals surface area contributed by atoms with Gasteiger partial charge in [0.1, 0.15) is 6.04 Å². The molecule has 1 atom stereocenters. The first-order valence-corrected chi connectivity index (χ1v) is 10.5. The van der Waals surface area contributed by atoms with Gasteiger partial charge < -0.3 is 24.7 Å². The van der Waals surface area contributed by atoms with Crippen LogP contribution in [0, 0.1) is 0 Å². The number of morpholine rings is 1. The van der Waals surface area contributed by atoms with E-state index in [1.165, 1.54) is 6.26 Å². The van der Waals surface area contributed by atoms with Crippen LogP contribution in [-0.2, 0) is 14.3 Å². The van der Waals surface area contributed by atoms with Crippen LogP contribution >= 0.6 is 0 Å². The molecule has 31 heavy (non-hydrogen) atoms. The van der Waals surface area contributed by atoms with Gasteiger partial charge in [0.05, 0.1) is 26.0 Å². The lowest BCUT2D eigenvalue weighted by molar-refractivity contribution is -0.120. The molecule has 2 N–H and O–H groups in total. The predicted molar refractivity (Wildman–Crippen MR) is 114 cm³/mol. The van der Waals surface area contributed by atoms with E-state index in [0.717, 1.165) is 19.5 Å². The third-order valence-corrected chi connectivity index (χ3v) is 5.46. The van der Waals surface area contributed by atoms with Crippen LogP contribution in [0.5, 0.6) is 0 Å². The van der Waals surface area contributed by atoms with Crippen molar-refractivity contribution >= 4 is 29.1 Å². The van der Waals surface area contributed by atoms with Gasteiger partial charge in [0, 0.05) is 31.0 Å². The summed E-state index contributed by atoms with van der Waals surface area (Å²) in [6, 6.07) is 9.67. The molecule has 2 aromatic rings. The molecule has 1 aromatic carbocycles. The van der Waals surface area contributed by atoms with Gasteiger partial charge in [-0.1, -0.05) is 0 Å². The topological polar surface area (TPSA) is 104 Å². The van der Waals surface area contributed by atoms with E-state index in [2.05, 4.69) is 10.6 Å². The molecular weight excluding hydrogens is 400 g/mol. The van der Waals surface area contributed by atoms with E-state index in [-0.39, 0.29) is 23.5 Å². The fraction of sp³-hybridized carbons (Fsp3) is 0.409. The number of hydrogen-bond donors (Lipinski definition) is 2. The molecular formula is C22H26N4O5. The van der Waals surface area contributed by atoms with Crippen LogP contribution in [0.2, 0.25) is 0 Å². The molecule has 0 aliphatic carbocycles. The number of amides is 3. The summed E-state index contributed by atoms with van der Waals surface area (Å²) >= 11 is 0. The number of nitrogens with one attached hydrogen (secondary N) is 2. The van der Waals surface area contributed by atoms with Gasteiger partial charge in [-0.25, -0.2) is 0 Å². The molecule has 4 rings (SSSR count). The highest BCUT2D eigenvalue weighted by atomic mass is 16.5. The van der Waals surface area contributed by atoms with E-state index in [1.807, 2.05) is 4.90 Å². The number of hydrogen-bond acceptors (Lipinski definition) is 6. The van der Waals surface area contributed by atoms with Crippen molar-refractivity contribution in [2.45, 2.75) is 18.9 Å². The van der Waals surface area contributed by atoms with Crippen molar-refractivity contribution < 1.29 is 23.5 Å². The number of ether oxygens (including phenoxy) is 1. The Labute approximate surface area is 180 Å². The summed E-state index contributed by atoms with van der Waals surface area (Å²) < 4.78 is 10.5. The minimum atomic E-state index is -0.537. The first kappa shape index (κ1) is 21.1. The SMILES string of the molecule is O=C(CN1CCOCC1)Nc1ccc(NC(=O)[C@@H]2CCCN2C(=O)c2ccco2)cc1. The molecule has 164 valence electrons. The summed E-state index contributed by atoms with van der Waals surface area (Å²) in [5.74, 6) is -0.365. The maximum absolute atomic E-state index is 12.8. The molecule has 9 heteroatoms. The van der Waals surface area contributed by atoms with Crippen molar-refractivity contribution in [1.82, 2.24) is 9.80 Å². The molecule has 0 saturated carbocycles. The van der Waals surface area contributed by atoms with Crippen molar-refractivity contribution in [3.05, 3.63) is 48.4 Å². The highest BCUT2D eigenvalue weighted by Crippen LogP contribution is 2.22. The van der Waals surface area contributed by atoms with E-state index in [9.17, 15) is 14.4 Å². The Hall–Kier alpha value is -3.17. The number of anilines is 2. The van der Waals surface area contributed by atoms with Crippen molar-refractivity contribution in [2.24, 2.45) is 0 Å². The van der Waals surface area contributed by atoms with Crippen molar-refractivity contribution in [1.29, 1.82) is 0 Å². The van der Waals surface area contributed by atoms with Gasteiger partial charge in [0.2, 0.25) is 11.8 Å². The van der Waals surface area contributed by atoms with Gasteiger partial charge >= 0.3 is 0 Å². The minimum absolute atomic E-state index is 0.0864. The van der Waals surface area contributed by atoms with Crippen LogP contribution in [0.15, 0.2) is 47.1 Å². The molecule has 2 saturated heterocycles. The van der Waals surface area contributed by atoms with Gasteiger partial charge in [0.15, 0.2) is 5.76 Å². The lowest BCUT2D eigenvalue weighted by Gasteiger charge is -2.25. The molecule has 3 heterocycles. The zero-order chi connectivity index (χ0) is 21.6. The Morgan fingerprint density at radius 1 is 0.968 bits per heavy atom. The van der Waals surface area contributed by atoms with E-state index < -0.39 is 6.04 Å². The lowest BCUT2D eigenvalue weighted by Crippen LogP contribution is -2.43. The third-order valence-electron chi connectivity index (χ3n) is 5.46.